The fraction of sp³-hybridized carbons (Fsp3) is 0.200. The van der Waals surface area contributed by atoms with Crippen molar-refractivity contribution in [1.29, 1.82) is 15.8 Å². The van der Waals surface area contributed by atoms with Crippen LogP contribution in [0, 0.1) is 34.0 Å². The molecule has 0 aliphatic heterocycles. The van der Waals surface area contributed by atoms with Gasteiger partial charge in [0.1, 0.15) is 23.5 Å². The van der Waals surface area contributed by atoms with E-state index in [0.717, 1.165) is 0 Å². The lowest BCUT2D eigenvalue weighted by atomic mass is 10.0. The van der Waals surface area contributed by atoms with Gasteiger partial charge in [-0.1, -0.05) is 0 Å². The number of hydrogen-bond donors (Lipinski definition) is 0. The number of alkyl halides is 3. The highest BCUT2D eigenvalue weighted by Gasteiger charge is 2.35. The van der Waals surface area contributed by atoms with Crippen molar-refractivity contribution < 1.29 is 13.2 Å². The van der Waals surface area contributed by atoms with Crippen molar-refractivity contribution in [2.45, 2.75) is 12.6 Å². The first-order chi connectivity index (χ1) is 7.93. The Morgan fingerprint density at radius 2 is 1.82 bits per heavy atom. The summed E-state index contributed by atoms with van der Waals surface area (Å²) >= 11 is 0. The van der Waals surface area contributed by atoms with Gasteiger partial charge in [0.15, 0.2) is 0 Å². The smallest absolute Gasteiger partial charge is 0.226 e. The van der Waals surface area contributed by atoms with Gasteiger partial charge in [-0.3, -0.25) is 0 Å². The molecule has 0 amide bonds. The van der Waals surface area contributed by atoms with Crippen LogP contribution < -0.4 is 0 Å². The fourth-order valence-electron chi connectivity index (χ4n) is 1.23. The van der Waals surface area contributed by atoms with Crippen LogP contribution in [0.5, 0.6) is 0 Å². The van der Waals surface area contributed by atoms with Crippen molar-refractivity contribution in [2.24, 2.45) is 0 Å². The second kappa shape index (κ2) is 4.51. The quantitative estimate of drug-likeness (QED) is 0.745. The minimum Gasteiger partial charge on any atom is -0.226 e. The summed E-state index contributed by atoms with van der Waals surface area (Å²) in [6, 6.07) is 4.96. The van der Waals surface area contributed by atoms with Gasteiger partial charge in [0, 0.05) is 5.56 Å². The van der Waals surface area contributed by atoms with E-state index in [-0.39, 0.29) is 0 Å². The van der Waals surface area contributed by atoms with Crippen LogP contribution in [-0.2, 0) is 12.6 Å². The Morgan fingerprint density at radius 1 is 1.18 bits per heavy atom. The van der Waals surface area contributed by atoms with Gasteiger partial charge < -0.3 is 0 Å². The zero-order valence-corrected chi connectivity index (χ0v) is 8.21. The monoisotopic (exact) mass is 236 g/mol. The van der Waals surface area contributed by atoms with Crippen molar-refractivity contribution >= 4 is 0 Å². The molecule has 0 aliphatic rings. The molecule has 0 aromatic carbocycles. The number of pyridine rings is 1. The molecule has 0 bridgehead atoms. The van der Waals surface area contributed by atoms with E-state index in [1.807, 2.05) is 0 Å². The van der Waals surface area contributed by atoms with Crippen molar-refractivity contribution in [3.05, 3.63) is 28.6 Å². The maximum atomic E-state index is 12.6. The third-order valence-corrected chi connectivity index (χ3v) is 1.91. The van der Waals surface area contributed by atoms with Crippen LogP contribution in [0.3, 0.4) is 0 Å². The molecule has 1 rings (SSSR count). The first-order valence-corrected chi connectivity index (χ1v) is 4.22. The molecule has 0 radical (unpaired) electrons. The highest BCUT2D eigenvalue weighted by Crippen LogP contribution is 2.33. The highest BCUT2D eigenvalue weighted by atomic mass is 19.4. The van der Waals surface area contributed by atoms with Crippen LogP contribution >= 0.6 is 0 Å². The van der Waals surface area contributed by atoms with Crippen molar-refractivity contribution in [3.63, 3.8) is 0 Å². The van der Waals surface area contributed by atoms with E-state index in [2.05, 4.69) is 4.98 Å². The summed E-state index contributed by atoms with van der Waals surface area (Å²) in [5, 5.41) is 25.6. The lowest BCUT2D eigenvalue weighted by Crippen LogP contribution is -2.12. The molecule has 7 heteroatoms. The fourth-order valence-corrected chi connectivity index (χ4v) is 1.23. The predicted molar refractivity (Wildman–Crippen MR) is 48.0 cm³/mol. The minimum atomic E-state index is -4.73. The molecule has 0 aliphatic carbocycles. The third-order valence-electron chi connectivity index (χ3n) is 1.91. The van der Waals surface area contributed by atoms with E-state index in [4.69, 9.17) is 15.8 Å². The third kappa shape index (κ3) is 2.50. The van der Waals surface area contributed by atoms with Crippen molar-refractivity contribution in [3.8, 4) is 18.2 Å². The summed E-state index contributed by atoms with van der Waals surface area (Å²) in [5.74, 6) is 0. The van der Waals surface area contributed by atoms with Gasteiger partial charge >= 0.3 is 6.18 Å². The second-order valence-corrected chi connectivity index (χ2v) is 2.94. The molecular formula is C10H3F3N4. The zero-order chi connectivity index (χ0) is 13.1. The average molecular weight is 236 g/mol. The standard InChI is InChI=1S/C10H3F3N4/c11-10(12,13)8-3-6(4-15)17-9(5-16)7(8)1-2-14/h3H,1H2. The van der Waals surface area contributed by atoms with Crippen LogP contribution in [0.15, 0.2) is 6.07 Å². The molecule has 0 spiro atoms. The Balaban J connectivity index is 3.62. The molecule has 0 saturated heterocycles. The Labute approximate surface area is 94.2 Å². The van der Waals surface area contributed by atoms with Crippen LogP contribution in [0.4, 0.5) is 13.2 Å². The van der Waals surface area contributed by atoms with Gasteiger partial charge in [-0.05, 0) is 6.07 Å². The molecule has 0 N–H and O–H groups in total. The number of nitrogens with zero attached hydrogens (tertiary/aromatic N) is 4. The van der Waals surface area contributed by atoms with E-state index in [0.29, 0.717) is 6.07 Å². The molecule has 0 unspecified atom stereocenters. The summed E-state index contributed by atoms with van der Waals surface area (Å²) in [7, 11) is 0. The summed E-state index contributed by atoms with van der Waals surface area (Å²) in [5.41, 5.74) is -2.71. The second-order valence-electron chi connectivity index (χ2n) is 2.94. The zero-order valence-electron chi connectivity index (χ0n) is 8.21. The average Bonchev–Trinajstić information content (AvgIpc) is 2.28. The van der Waals surface area contributed by atoms with E-state index in [1.54, 1.807) is 0 Å². The maximum absolute atomic E-state index is 12.6. The molecule has 0 atom stereocenters. The van der Waals surface area contributed by atoms with Crippen LogP contribution in [0.25, 0.3) is 0 Å². The summed E-state index contributed by atoms with van der Waals surface area (Å²) in [4.78, 5) is 3.43. The molecule has 0 fully saturated rings. The summed E-state index contributed by atoms with van der Waals surface area (Å²) < 4.78 is 37.9. The molecule has 1 aromatic rings. The molecule has 4 nitrogen and oxygen atoms in total. The number of nitriles is 3. The van der Waals surface area contributed by atoms with E-state index >= 15 is 0 Å². The molecule has 84 valence electrons. The Morgan fingerprint density at radius 3 is 2.24 bits per heavy atom. The van der Waals surface area contributed by atoms with E-state index in [9.17, 15) is 13.2 Å². The number of aromatic nitrogens is 1. The normalized spacial score (nSPS) is 10.1. The van der Waals surface area contributed by atoms with Gasteiger partial charge in [0.2, 0.25) is 0 Å². The van der Waals surface area contributed by atoms with Gasteiger partial charge in [-0.2, -0.15) is 29.0 Å². The lowest BCUT2D eigenvalue weighted by molar-refractivity contribution is -0.138. The van der Waals surface area contributed by atoms with Crippen molar-refractivity contribution in [2.75, 3.05) is 0 Å². The Bertz CT molecular complexity index is 569. The topological polar surface area (TPSA) is 84.3 Å². The first kappa shape index (κ1) is 12.5. The van der Waals surface area contributed by atoms with E-state index < -0.39 is 35.1 Å². The first-order valence-electron chi connectivity index (χ1n) is 4.22. The van der Waals surface area contributed by atoms with Gasteiger partial charge in [0.25, 0.3) is 0 Å². The van der Waals surface area contributed by atoms with Crippen LogP contribution in [-0.4, -0.2) is 4.98 Å². The molecular weight excluding hydrogens is 233 g/mol. The minimum absolute atomic E-state index is 0.499. The molecule has 0 saturated carbocycles. The largest absolute Gasteiger partial charge is 0.416 e. The van der Waals surface area contributed by atoms with Gasteiger partial charge in [-0.15, -0.1) is 0 Å². The van der Waals surface area contributed by atoms with Gasteiger partial charge in [-0.25, -0.2) is 4.98 Å². The van der Waals surface area contributed by atoms with Crippen molar-refractivity contribution in [1.82, 2.24) is 4.98 Å². The number of rotatable bonds is 1. The van der Waals surface area contributed by atoms with E-state index in [1.165, 1.54) is 18.2 Å². The van der Waals surface area contributed by atoms with Crippen LogP contribution in [0.1, 0.15) is 22.5 Å². The summed E-state index contributed by atoms with van der Waals surface area (Å²) in [6.07, 6.45) is -5.32. The SMILES string of the molecule is N#CCc1c(C(F)(F)F)cc(C#N)nc1C#N. The molecule has 1 heterocycles. The molecule has 17 heavy (non-hydrogen) atoms. The van der Waals surface area contributed by atoms with Gasteiger partial charge in [0.05, 0.1) is 18.1 Å². The number of hydrogen-bond acceptors (Lipinski definition) is 4. The van der Waals surface area contributed by atoms with Crippen LogP contribution in [0.2, 0.25) is 0 Å². The Hall–Kier alpha value is -2.59. The Kier molecular flexibility index (Phi) is 3.31. The lowest BCUT2D eigenvalue weighted by Gasteiger charge is -2.11. The predicted octanol–water partition coefficient (Wildman–Crippen LogP) is 1.91. The highest BCUT2D eigenvalue weighted by molar-refractivity contribution is 5.44. The molecule has 1 aromatic heterocycles. The summed E-state index contributed by atoms with van der Waals surface area (Å²) in [6.45, 7) is 0. The maximum Gasteiger partial charge on any atom is 0.416 e. The number of halogens is 3.